The average Bonchev–Trinajstić information content (AvgIpc) is 2.74. The molecule has 4 atom stereocenters. The summed E-state index contributed by atoms with van der Waals surface area (Å²) in [5.41, 5.74) is 4.49. The van der Waals surface area contributed by atoms with Gasteiger partial charge in [-0.2, -0.15) is 0 Å². The van der Waals surface area contributed by atoms with E-state index in [4.69, 9.17) is 12.2 Å². The van der Waals surface area contributed by atoms with Gasteiger partial charge in [0.2, 0.25) is 0 Å². The predicted octanol–water partition coefficient (Wildman–Crippen LogP) is 9.45. The molecule has 4 unspecified atom stereocenters. The number of allylic oxidation sites excluding steroid dienone is 10. The fraction of sp³-hybridized carbons (Fsp3) is 0.593. The van der Waals surface area contributed by atoms with E-state index >= 15 is 0 Å². The highest BCUT2D eigenvalue weighted by Gasteiger charge is 2.18. The van der Waals surface area contributed by atoms with Crippen molar-refractivity contribution in [3.8, 4) is 0 Å². The average molecular weight is 433 g/mol. The first-order valence-corrected chi connectivity index (χ1v) is 13.4. The molecule has 164 valence electrons. The summed E-state index contributed by atoms with van der Waals surface area (Å²) in [6, 6.07) is 0. The Hall–Kier alpha value is -0.780. The molecule has 0 heterocycles. The third-order valence-corrected chi connectivity index (χ3v) is 7.53. The third-order valence-electron chi connectivity index (χ3n) is 5.75. The normalized spacial score (nSPS) is 17.6. The van der Waals surface area contributed by atoms with E-state index in [1.807, 2.05) is 0 Å². The van der Waals surface area contributed by atoms with Crippen molar-refractivity contribution in [3.05, 3.63) is 59.3 Å². The summed E-state index contributed by atoms with van der Waals surface area (Å²) in [5.74, 6) is 1.45. The Morgan fingerprint density at radius 2 is 1.66 bits per heavy atom. The number of thiocarbonyl (C=S) groups is 1. The van der Waals surface area contributed by atoms with Gasteiger partial charge in [-0.05, 0) is 68.3 Å². The van der Waals surface area contributed by atoms with Crippen LogP contribution in [-0.2, 0) is 0 Å². The van der Waals surface area contributed by atoms with Crippen molar-refractivity contribution in [3.63, 3.8) is 0 Å². The van der Waals surface area contributed by atoms with Crippen molar-refractivity contribution in [2.75, 3.05) is 6.66 Å². The largest absolute Gasteiger partial charge is 0.0874 e. The van der Waals surface area contributed by atoms with Crippen LogP contribution in [0.15, 0.2) is 59.3 Å². The first-order valence-electron chi connectivity index (χ1n) is 11.5. The fourth-order valence-corrected chi connectivity index (χ4v) is 4.58. The molecule has 29 heavy (non-hydrogen) atoms. The maximum absolute atomic E-state index is 5.60. The highest BCUT2D eigenvalue weighted by Crippen LogP contribution is 2.32. The van der Waals surface area contributed by atoms with Gasteiger partial charge in [-0.15, -0.1) is 0 Å². The Labute approximate surface area is 189 Å². The maximum atomic E-state index is 5.60. The summed E-state index contributed by atoms with van der Waals surface area (Å²) < 4.78 is 1.22. The van der Waals surface area contributed by atoms with E-state index in [1.165, 1.54) is 40.6 Å². The molecular formula is C27H45PS. The summed E-state index contributed by atoms with van der Waals surface area (Å²) in [7, 11) is 0.755. The van der Waals surface area contributed by atoms with E-state index in [-0.39, 0.29) is 0 Å². The lowest BCUT2D eigenvalue weighted by Gasteiger charge is -2.24. The molecule has 0 amide bonds. The van der Waals surface area contributed by atoms with Crippen molar-refractivity contribution >= 4 is 25.4 Å². The van der Waals surface area contributed by atoms with E-state index in [9.17, 15) is 0 Å². The Balaban J connectivity index is 5.34. The zero-order valence-corrected chi connectivity index (χ0v) is 22.0. The predicted molar refractivity (Wildman–Crippen MR) is 143 cm³/mol. The van der Waals surface area contributed by atoms with Crippen LogP contribution in [0.4, 0.5) is 0 Å². The minimum absolute atomic E-state index is 0.458. The molecule has 0 bridgehead atoms. The molecule has 0 aliphatic carbocycles. The van der Waals surface area contributed by atoms with Crippen LogP contribution in [0, 0.1) is 17.8 Å². The van der Waals surface area contributed by atoms with Crippen LogP contribution in [0.2, 0.25) is 0 Å². The first-order chi connectivity index (χ1) is 13.9. The molecule has 0 aromatic rings. The Morgan fingerprint density at radius 1 is 1.00 bits per heavy atom. The van der Waals surface area contributed by atoms with Gasteiger partial charge in [0.15, 0.2) is 0 Å². The molecule has 0 nitrogen and oxygen atoms in total. The Morgan fingerprint density at radius 3 is 2.14 bits per heavy atom. The quantitative estimate of drug-likeness (QED) is 0.150. The van der Waals surface area contributed by atoms with Gasteiger partial charge in [0.1, 0.15) is 0 Å². The van der Waals surface area contributed by atoms with Crippen molar-refractivity contribution in [2.45, 2.75) is 80.6 Å². The molecular weight excluding hydrogens is 387 g/mol. The van der Waals surface area contributed by atoms with Crippen molar-refractivity contribution in [1.29, 1.82) is 0 Å². The van der Waals surface area contributed by atoms with E-state index in [0.717, 1.165) is 21.4 Å². The molecule has 0 aromatic heterocycles. The van der Waals surface area contributed by atoms with Gasteiger partial charge in [-0.3, -0.25) is 0 Å². The van der Waals surface area contributed by atoms with E-state index < -0.39 is 0 Å². The van der Waals surface area contributed by atoms with Crippen LogP contribution in [0.5, 0.6) is 0 Å². The van der Waals surface area contributed by atoms with Gasteiger partial charge >= 0.3 is 0 Å². The number of hydrogen-bond acceptors (Lipinski definition) is 1. The molecule has 0 aliphatic heterocycles. The molecule has 2 heteroatoms. The zero-order valence-electron chi connectivity index (χ0n) is 20.2. The molecule has 0 N–H and O–H groups in total. The lowest BCUT2D eigenvalue weighted by molar-refractivity contribution is 0.530. The minimum Gasteiger partial charge on any atom is -0.0874 e. The summed E-state index contributed by atoms with van der Waals surface area (Å²) in [5, 5.41) is 0. The van der Waals surface area contributed by atoms with E-state index in [2.05, 4.69) is 97.7 Å². The van der Waals surface area contributed by atoms with Crippen molar-refractivity contribution in [2.24, 2.45) is 17.8 Å². The molecule has 0 spiro atoms. The Kier molecular flexibility index (Phi) is 16.5. The lowest BCUT2D eigenvalue weighted by atomic mass is 9.81. The smallest absolute Gasteiger partial charge is 0.0197 e. The second-order valence-corrected chi connectivity index (χ2v) is 9.58. The SMILES string of the molecule is C\C=C/C(CC)=C(CC)\C(=C/C)C(C)C(C)C=C/C=C/C(CCCC)C(=S)PC. The first kappa shape index (κ1) is 28.2. The van der Waals surface area contributed by atoms with Crippen molar-refractivity contribution in [1.82, 2.24) is 0 Å². The second-order valence-electron chi connectivity index (χ2n) is 7.74. The van der Waals surface area contributed by atoms with E-state index in [0.29, 0.717) is 17.8 Å². The van der Waals surface area contributed by atoms with Gasteiger partial charge in [0.25, 0.3) is 0 Å². The molecule has 0 fully saturated rings. The zero-order chi connectivity index (χ0) is 22.2. The number of unbranched alkanes of at least 4 members (excludes halogenated alkanes) is 1. The molecule has 0 aromatic carbocycles. The van der Waals surface area contributed by atoms with Crippen LogP contribution in [-0.4, -0.2) is 11.3 Å². The second kappa shape index (κ2) is 17.0. The van der Waals surface area contributed by atoms with Crippen LogP contribution in [0.1, 0.15) is 80.6 Å². The number of rotatable bonds is 14. The maximum Gasteiger partial charge on any atom is 0.0197 e. The standard InChI is InChI=1S/C27H45PS/c1-9-14-19-24(27(29)28-8)20-16-15-18-21(6)22(7)25(12-4)26(13-5)23(11-3)17-10-2/h10,12,15-18,20-22,24,28H,9,11,13-14,19H2,1-8H3/b17-10-,18-15?,20-16+,25-12-,26-23-. The van der Waals surface area contributed by atoms with Crippen LogP contribution < -0.4 is 0 Å². The van der Waals surface area contributed by atoms with Crippen LogP contribution in [0.3, 0.4) is 0 Å². The summed E-state index contributed by atoms with van der Waals surface area (Å²) in [6.07, 6.45) is 21.7. The topological polar surface area (TPSA) is 0 Å². The summed E-state index contributed by atoms with van der Waals surface area (Å²) in [4.78, 5) is 0. The fourth-order valence-electron chi connectivity index (χ4n) is 3.77. The third kappa shape index (κ3) is 10.2. The highest BCUT2D eigenvalue weighted by atomic mass is 32.1. The molecule has 0 aliphatic rings. The van der Waals surface area contributed by atoms with Gasteiger partial charge in [0.05, 0.1) is 0 Å². The van der Waals surface area contributed by atoms with Crippen molar-refractivity contribution < 1.29 is 0 Å². The summed E-state index contributed by atoms with van der Waals surface area (Å²) in [6.45, 7) is 18.0. The van der Waals surface area contributed by atoms with Gasteiger partial charge < -0.3 is 0 Å². The minimum atomic E-state index is 0.458. The number of hydrogen-bond donors (Lipinski definition) is 0. The molecule has 0 saturated heterocycles. The lowest BCUT2D eigenvalue weighted by Crippen LogP contribution is -2.11. The van der Waals surface area contributed by atoms with E-state index in [1.54, 1.807) is 0 Å². The molecule has 0 rings (SSSR count). The molecule has 0 radical (unpaired) electrons. The van der Waals surface area contributed by atoms with Crippen LogP contribution in [0.25, 0.3) is 0 Å². The summed E-state index contributed by atoms with van der Waals surface area (Å²) >= 11 is 5.60. The molecule has 0 saturated carbocycles. The van der Waals surface area contributed by atoms with Gasteiger partial charge in [-0.25, -0.2) is 0 Å². The van der Waals surface area contributed by atoms with Crippen LogP contribution >= 0.6 is 20.8 Å². The Bertz CT molecular complexity index is 618. The van der Waals surface area contributed by atoms with Gasteiger partial charge in [0, 0.05) is 10.5 Å². The monoisotopic (exact) mass is 432 g/mol. The highest BCUT2D eigenvalue weighted by molar-refractivity contribution is 7.93. The van der Waals surface area contributed by atoms with Gasteiger partial charge in [-0.1, -0.05) is 111 Å².